The van der Waals surface area contributed by atoms with Crippen LogP contribution in [0.4, 0.5) is 0 Å². The molecule has 0 aliphatic heterocycles. The molecule has 7 nitrogen and oxygen atoms in total. The number of benzene rings is 1. The summed E-state index contributed by atoms with van der Waals surface area (Å²) >= 11 is 1.28. The molecule has 0 atom stereocenters. The van der Waals surface area contributed by atoms with Gasteiger partial charge < -0.3 is 5.32 Å². The van der Waals surface area contributed by atoms with Crippen LogP contribution in [-0.4, -0.2) is 31.6 Å². The first kappa shape index (κ1) is 21.3. The number of hydrogen-bond acceptors (Lipinski definition) is 6. The van der Waals surface area contributed by atoms with Crippen molar-refractivity contribution in [1.82, 2.24) is 10.3 Å². The van der Waals surface area contributed by atoms with Crippen LogP contribution in [0.25, 0.3) is 0 Å². The number of thioether (sulfide) groups is 1. The van der Waals surface area contributed by atoms with E-state index in [0.717, 1.165) is 42.5 Å². The molecule has 0 bridgehead atoms. The van der Waals surface area contributed by atoms with Crippen LogP contribution in [0, 0.1) is 11.3 Å². The molecule has 0 unspecified atom stereocenters. The maximum absolute atomic E-state index is 12.1. The summed E-state index contributed by atoms with van der Waals surface area (Å²) in [6.07, 6.45) is 4.68. The highest BCUT2D eigenvalue weighted by atomic mass is 32.2. The molecule has 1 aliphatic rings. The van der Waals surface area contributed by atoms with Gasteiger partial charge in [-0.1, -0.05) is 23.9 Å². The van der Waals surface area contributed by atoms with Crippen molar-refractivity contribution in [1.29, 1.82) is 5.26 Å². The van der Waals surface area contributed by atoms with Crippen LogP contribution in [0.1, 0.15) is 35.2 Å². The van der Waals surface area contributed by atoms with Gasteiger partial charge in [0.15, 0.2) is 0 Å². The van der Waals surface area contributed by atoms with Gasteiger partial charge in [0.05, 0.1) is 16.2 Å². The lowest BCUT2D eigenvalue weighted by Crippen LogP contribution is -2.27. The number of carbonyl (C=O) groups excluding carboxylic acids is 1. The normalized spacial score (nSPS) is 13.4. The van der Waals surface area contributed by atoms with E-state index in [1.807, 2.05) is 6.07 Å². The second kappa shape index (κ2) is 9.39. The van der Waals surface area contributed by atoms with Crippen LogP contribution in [0.5, 0.6) is 0 Å². The predicted octanol–water partition coefficient (Wildman–Crippen LogP) is 1.93. The number of aryl methyl sites for hydroxylation is 2. The third-order valence-electron chi connectivity index (χ3n) is 4.71. The van der Waals surface area contributed by atoms with E-state index in [-0.39, 0.29) is 16.6 Å². The Labute approximate surface area is 174 Å². The minimum absolute atomic E-state index is 0.0625. The number of nitrogens with one attached hydrogen (secondary N) is 1. The van der Waals surface area contributed by atoms with E-state index < -0.39 is 10.0 Å². The Balaban J connectivity index is 1.50. The number of amides is 1. The summed E-state index contributed by atoms with van der Waals surface area (Å²) in [6.45, 7) is 0.427. The van der Waals surface area contributed by atoms with Crippen molar-refractivity contribution < 1.29 is 13.2 Å². The molecule has 3 N–H and O–H groups in total. The lowest BCUT2D eigenvalue weighted by molar-refractivity contribution is -0.118. The molecule has 0 saturated carbocycles. The largest absolute Gasteiger partial charge is 0.355 e. The highest BCUT2D eigenvalue weighted by Crippen LogP contribution is 2.27. The Morgan fingerprint density at radius 2 is 1.97 bits per heavy atom. The zero-order chi connectivity index (χ0) is 20.9. The highest BCUT2D eigenvalue weighted by molar-refractivity contribution is 8.00. The molecule has 2 aromatic rings. The Bertz CT molecular complexity index is 1040. The van der Waals surface area contributed by atoms with Gasteiger partial charge >= 0.3 is 0 Å². The average Bonchev–Trinajstić information content (AvgIpc) is 2.71. The lowest BCUT2D eigenvalue weighted by atomic mass is 9.95. The lowest BCUT2D eigenvalue weighted by Gasteiger charge is -2.16. The maximum Gasteiger partial charge on any atom is 0.238 e. The second-order valence-electron chi connectivity index (χ2n) is 6.84. The van der Waals surface area contributed by atoms with Crippen molar-refractivity contribution in [3.63, 3.8) is 0 Å². The molecule has 0 radical (unpaired) electrons. The molecular formula is C20H22N4O3S2. The Morgan fingerprint density at radius 1 is 1.24 bits per heavy atom. The van der Waals surface area contributed by atoms with Gasteiger partial charge in [0, 0.05) is 12.2 Å². The predicted molar refractivity (Wildman–Crippen MR) is 111 cm³/mol. The number of rotatable bonds is 7. The van der Waals surface area contributed by atoms with E-state index in [0.29, 0.717) is 23.6 Å². The van der Waals surface area contributed by atoms with Crippen molar-refractivity contribution in [3.8, 4) is 6.07 Å². The summed E-state index contributed by atoms with van der Waals surface area (Å²) in [5.74, 6) is 0.0460. The van der Waals surface area contributed by atoms with Crippen LogP contribution >= 0.6 is 11.8 Å². The number of aromatic nitrogens is 1. The first-order chi connectivity index (χ1) is 13.9. The fourth-order valence-corrected chi connectivity index (χ4v) is 4.50. The van der Waals surface area contributed by atoms with Crippen LogP contribution in [0.3, 0.4) is 0 Å². The van der Waals surface area contributed by atoms with Crippen LogP contribution in [-0.2, 0) is 34.1 Å². The molecular weight excluding hydrogens is 408 g/mol. The highest BCUT2D eigenvalue weighted by Gasteiger charge is 2.16. The van der Waals surface area contributed by atoms with Crippen molar-refractivity contribution in [2.24, 2.45) is 5.14 Å². The third-order valence-corrected chi connectivity index (χ3v) is 6.63. The molecule has 29 heavy (non-hydrogen) atoms. The van der Waals surface area contributed by atoms with Gasteiger partial charge in [-0.3, -0.25) is 4.79 Å². The van der Waals surface area contributed by atoms with E-state index in [9.17, 15) is 18.5 Å². The Hall–Kier alpha value is -2.41. The first-order valence-electron chi connectivity index (χ1n) is 9.31. The van der Waals surface area contributed by atoms with Crippen LogP contribution in [0.15, 0.2) is 40.3 Å². The standard InChI is InChI=1S/C20H22N4O3S2/c21-12-16-11-15-3-1-2-4-18(15)24-20(16)28-13-19(25)23-10-9-14-5-7-17(8-6-14)29(22,26)27/h5-8,11H,1-4,9-10,13H2,(H,23,25)(H2,22,26,27). The van der Waals surface area contributed by atoms with Crippen molar-refractivity contribution >= 4 is 27.7 Å². The summed E-state index contributed by atoms with van der Waals surface area (Å²) in [5.41, 5.74) is 3.61. The van der Waals surface area contributed by atoms with Crippen molar-refractivity contribution in [3.05, 3.63) is 52.7 Å². The van der Waals surface area contributed by atoms with Gasteiger partial charge in [-0.2, -0.15) is 5.26 Å². The Morgan fingerprint density at radius 3 is 2.66 bits per heavy atom. The Kier molecular flexibility index (Phi) is 6.90. The molecule has 3 rings (SSSR count). The van der Waals surface area contributed by atoms with Gasteiger partial charge in [0.25, 0.3) is 0 Å². The zero-order valence-corrected chi connectivity index (χ0v) is 17.5. The number of nitriles is 1. The smallest absolute Gasteiger partial charge is 0.238 e. The van der Waals surface area contributed by atoms with E-state index in [2.05, 4.69) is 16.4 Å². The molecule has 1 aromatic heterocycles. The summed E-state index contributed by atoms with van der Waals surface area (Å²) in [5, 5.41) is 17.9. The molecule has 1 aromatic carbocycles. The summed E-state index contributed by atoms with van der Waals surface area (Å²) in [4.78, 5) is 16.8. The molecule has 9 heteroatoms. The number of pyridine rings is 1. The fourth-order valence-electron chi connectivity index (χ4n) is 3.18. The minimum Gasteiger partial charge on any atom is -0.355 e. The topological polar surface area (TPSA) is 126 Å². The summed E-state index contributed by atoms with van der Waals surface area (Å²) < 4.78 is 22.5. The minimum atomic E-state index is -3.70. The molecule has 0 spiro atoms. The van der Waals surface area contributed by atoms with Crippen molar-refractivity contribution in [2.45, 2.75) is 42.0 Å². The number of sulfonamides is 1. The number of primary sulfonamides is 1. The average molecular weight is 431 g/mol. The fraction of sp³-hybridized carbons (Fsp3) is 0.350. The zero-order valence-electron chi connectivity index (χ0n) is 15.8. The van der Waals surface area contributed by atoms with Crippen LogP contribution < -0.4 is 10.5 Å². The molecule has 1 aliphatic carbocycles. The van der Waals surface area contributed by atoms with Gasteiger partial charge in [0.1, 0.15) is 11.1 Å². The monoisotopic (exact) mass is 430 g/mol. The third kappa shape index (κ3) is 5.79. The SMILES string of the molecule is N#Cc1cc2c(nc1SCC(=O)NCCc1ccc(S(N)(=O)=O)cc1)CCCC2. The van der Waals surface area contributed by atoms with Gasteiger partial charge in [-0.05, 0) is 61.4 Å². The quantitative estimate of drug-likeness (QED) is 0.647. The number of nitrogens with zero attached hydrogens (tertiary/aromatic N) is 2. The molecule has 1 heterocycles. The van der Waals surface area contributed by atoms with Gasteiger partial charge in [-0.25, -0.2) is 18.5 Å². The summed E-state index contributed by atoms with van der Waals surface area (Å²) in [6, 6.07) is 10.4. The number of hydrogen-bond donors (Lipinski definition) is 2. The number of carbonyl (C=O) groups is 1. The van der Waals surface area contributed by atoms with E-state index in [4.69, 9.17) is 5.14 Å². The summed E-state index contributed by atoms with van der Waals surface area (Å²) in [7, 11) is -3.70. The van der Waals surface area contributed by atoms with Gasteiger partial charge in [0.2, 0.25) is 15.9 Å². The number of nitrogens with two attached hydrogens (primary N) is 1. The molecule has 1 amide bonds. The molecule has 0 fully saturated rings. The maximum atomic E-state index is 12.1. The molecule has 0 saturated heterocycles. The molecule has 152 valence electrons. The van der Waals surface area contributed by atoms with Crippen LogP contribution in [0.2, 0.25) is 0 Å². The number of fused-ring (bicyclic) bond motifs is 1. The van der Waals surface area contributed by atoms with E-state index >= 15 is 0 Å². The van der Waals surface area contributed by atoms with E-state index in [1.54, 1.807) is 12.1 Å². The van der Waals surface area contributed by atoms with E-state index in [1.165, 1.54) is 23.9 Å². The van der Waals surface area contributed by atoms with Gasteiger partial charge in [-0.15, -0.1) is 0 Å². The van der Waals surface area contributed by atoms with Crippen molar-refractivity contribution in [2.75, 3.05) is 12.3 Å². The first-order valence-corrected chi connectivity index (χ1v) is 11.8. The second-order valence-corrected chi connectivity index (χ2v) is 9.37.